The van der Waals surface area contributed by atoms with E-state index in [2.05, 4.69) is 75.5 Å². The zero-order valence-electron chi connectivity index (χ0n) is 21.1. The second-order valence-electron chi connectivity index (χ2n) is 9.80. The van der Waals surface area contributed by atoms with E-state index in [1.54, 1.807) is 0 Å². The van der Waals surface area contributed by atoms with Crippen LogP contribution in [0.25, 0.3) is 0 Å². The maximum absolute atomic E-state index is 6.52. The number of nitrogens with one attached hydrogen (secondary N) is 1. The highest BCUT2D eigenvalue weighted by atomic mass is 35.5. The second kappa shape index (κ2) is 11.5. The lowest BCUT2D eigenvalue weighted by atomic mass is 9.87. The number of halogens is 1. The smallest absolute Gasteiger partial charge is 0.132 e. The van der Waals surface area contributed by atoms with E-state index in [1.807, 2.05) is 24.3 Å². The van der Waals surface area contributed by atoms with Gasteiger partial charge in [-0.15, -0.1) is 0 Å². The Morgan fingerprint density at radius 3 is 2.51 bits per heavy atom. The third-order valence-corrected chi connectivity index (χ3v) is 6.62. The van der Waals surface area contributed by atoms with Gasteiger partial charge in [-0.05, 0) is 68.7 Å². The van der Waals surface area contributed by atoms with Gasteiger partial charge < -0.3 is 19.5 Å². The van der Waals surface area contributed by atoms with Gasteiger partial charge in [0.05, 0.1) is 6.61 Å². The van der Waals surface area contributed by atoms with Crippen molar-refractivity contribution in [2.45, 2.75) is 71.5 Å². The van der Waals surface area contributed by atoms with Crippen LogP contribution in [0.4, 0.5) is 5.69 Å². The van der Waals surface area contributed by atoms with Crippen molar-refractivity contribution < 1.29 is 14.2 Å². The largest absolute Gasteiger partial charge is 0.485 e. The van der Waals surface area contributed by atoms with Gasteiger partial charge in [-0.2, -0.15) is 0 Å². The fraction of sp³-hybridized carbons (Fsp3) is 0.400. The van der Waals surface area contributed by atoms with Crippen LogP contribution < -0.4 is 10.1 Å². The van der Waals surface area contributed by atoms with Gasteiger partial charge >= 0.3 is 0 Å². The van der Waals surface area contributed by atoms with E-state index in [-0.39, 0.29) is 12.2 Å². The lowest BCUT2D eigenvalue weighted by Gasteiger charge is -2.44. The molecule has 0 fully saturated rings. The third kappa shape index (κ3) is 6.58. The first-order valence-corrected chi connectivity index (χ1v) is 12.8. The summed E-state index contributed by atoms with van der Waals surface area (Å²) in [5.41, 5.74) is 5.00. The Labute approximate surface area is 214 Å². The highest BCUT2D eigenvalue weighted by molar-refractivity contribution is 6.30. The fourth-order valence-electron chi connectivity index (χ4n) is 4.38. The van der Waals surface area contributed by atoms with Crippen LogP contribution in [-0.2, 0) is 22.6 Å². The molecule has 1 N–H and O–H groups in total. The normalized spacial score (nSPS) is 18.5. The zero-order chi connectivity index (χ0) is 24.8. The Bertz CT molecular complexity index is 1110. The molecule has 0 saturated heterocycles. The number of hydrogen-bond donors (Lipinski definition) is 1. The third-order valence-electron chi connectivity index (χ3n) is 6.38. The zero-order valence-corrected chi connectivity index (χ0v) is 21.9. The molecule has 5 heteroatoms. The number of aryl methyl sites for hydroxylation is 1. The van der Waals surface area contributed by atoms with Crippen LogP contribution in [0.3, 0.4) is 0 Å². The van der Waals surface area contributed by atoms with E-state index in [0.29, 0.717) is 19.8 Å². The van der Waals surface area contributed by atoms with E-state index in [1.165, 1.54) is 5.56 Å². The predicted octanol–water partition coefficient (Wildman–Crippen LogP) is 7.87. The molecule has 0 aromatic heterocycles. The summed E-state index contributed by atoms with van der Waals surface area (Å²) in [6.45, 7) is 10.3. The minimum absolute atomic E-state index is 0.223. The predicted molar refractivity (Wildman–Crippen MR) is 143 cm³/mol. The van der Waals surface area contributed by atoms with E-state index in [4.69, 9.17) is 25.8 Å². The van der Waals surface area contributed by atoms with Gasteiger partial charge in [0.1, 0.15) is 23.6 Å². The van der Waals surface area contributed by atoms with Crippen LogP contribution >= 0.6 is 11.6 Å². The molecule has 2 unspecified atom stereocenters. The van der Waals surface area contributed by atoms with Crippen molar-refractivity contribution in [1.82, 2.24) is 0 Å². The number of rotatable bonds is 10. The molecule has 186 valence electrons. The van der Waals surface area contributed by atoms with Crippen LogP contribution in [-0.4, -0.2) is 18.3 Å². The van der Waals surface area contributed by atoms with Crippen molar-refractivity contribution >= 4 is 17.3 Å². The van der Waals surface area contributed by atoms with E-state index in [9.17, 15) is 0 Å². The van der Waals surface area contributed by atoms with Crippen molar-refractivity contribution in [1.29, 1.82) is 0 Å². The molecule has 3 aromatic rings. The number of benzene rings is 3. The number of unbranched alkanes of at least 4 members (excludes halogenated alkanes) is 1. The van der Waals surface area contributed by atoms with Crippen molar-refractivity contribution in [3.8, 4) is 5.75 Å². The first kappa shape index (κ1) is 25.6. The minimum atomic E-state index is -0.537. The summed E-state index contributed by atoms with van der Waals surface area (Å²) in [5, 5.41) is 4.25. The number of anilines is 1. The quantitative estimate of drug-likeness (QED) is 0.291. The van der Waals surface area contributed by atoms with E-state index < -0.39 is 5.60 Å². The summed E-state index contributed by atoms with van der Waals surface area (Å²) < 4.78 is 19.5. The van der Waals surface area contributed by atoms with Crippen LogP contribution in [0.5, 0.6) is 5.75 Å². The maximum Gasteiger partial charge on any atom is 0.132 e. The Morgan fingerprint density at radius 1 is 0.971 bits per heavy atom. The molecule has 0 aliphatic carbocycles. The summed E-state index contributed by atoms with van der Waals surface area (Å²) >= 11 is 6.15. The maximum atomic E-state index is 6.52. The molecule has 3 aromatic carbocycles. The number of ether oxygens (including phenoxy) is 3. The second-order valence-corrected chi connectivity index (χ2v) is 10.2. The molecular formula is C30H36ClNO3. The average molecular weight is 494 g/mol. The van der Waals surface area contributed by atoms with Crippen molar-refractivity contribution in [3.05, 3.63) is 94.0 Å². The number of hydrogen-bond acceptors (Lipinski definition) is 4. The molecule has 0 saturated carbocycles. The molecule has 2 atom stereocenters. The van der Waals surface area contributed by atoms with Crippen LogP contribution in [0.1, 0.15) is 62.0 Å². The van der Waals surface area contributed by atoms with Gasteiger partial charge in [-0.1, -0.05) is 66.9 Å². The summed E-state index contributed by atoms with van der Waals surface area (Å²) in [4.78, 5) is 0. The molecule has 4 rings (SSSR count). The summed E-state index contributed by atoms with van der Waals surface area (Å²) in [6, 6.07) is 22.6. The Morgan fingerprint density at radius 2 is 1.77 bits per heavy atom. The van der Waals surface area contributed by atoms with Gasteiger partial charge in [0.25, 0.3) is 0 Å². The molecule has 4 nitrogen and oxygen atoms in total. The van der Waals surface area contributed by atoms with Gasteiger partial charge in [0, 0.05) is 29.4 Å². The molecule has 0 spiro atoms. The van der Waals surface area contributed by atoms with Gasteiger partial charge in [0.2, 0.25) is 0 Å². The molecular weight excluding hydrogens is 458 g/mol. The monoisotopic (exact) mass is 493 g/mol. The first-order chi connectivity index (χ1) is 16.9. The van der Waals surface area contributed by atoms with Gasteiger partial charge in [0.15, 0.2) is 0 Å². The summed E-state index contributed by atoms with van der Waals surface area (Å²) in [6.07, 6.45) is 1.61. The van der Waals surface area contributed by atoms with Gasteiger partial charge in [-0.25, -0.2) is 0 Å². The average Bonchev–Trinajstić information content (AvgIpc) is 2.83. The molecule has 1 heterocycles. The Balaban J connectivity index is 1.57. The molecule has 0 radical (unpaired) electrons. The Kier molecular flexibility index (Phi) is 8.38. The number of fused-ring (bicyclic) bond motifs is 1. The Hall–Kier alpha value is -2.53. The van der Waals surface area contributed by atoms with Crippen molar-refractivity contribution in [2.24, 2.45) is 0 Å². The van der Waals surface area contributed by atoms with Crippen molar-refractivity contribution in [3.63, 3.8) is 0 Å². The van der Waals surface area contributed by atoms with Crippen LogP contribution in [0, 0.1) is 6.92 Å². The molecule has 1 aliphatic heterocycles. The minimum Gasteiger partial charge on any atom is -0.485 e. The topological polar surface area (TPSA) is 39.7 Å². The summed E-state index contributed by atoms with van der Waals surface area (Å²) in [5.74, 6) is 0.847. The fourth-order valence-corrected chi connectivity index (χ4v) is 4.60. The van der Waals surface area contributed by atoms with Crippen LogP contribution in [0.2, 0.25) is 5.02 Å². The van der Waals surface area contributed by atoms with Crippen LogP contribution in [0.15, 0.2) is 66.7 Å². The molecule has 1 aliphatic rings. The first-order valence-electron chi connectivity index (χ1n) is 12.5. The van der Waals surface area contributed by atoms with Crippen molar-refractivity contribution in [2.75, 3.05) is 11.9 Å². The SMILES string of the molecule is CCCCOC1c2cc(NCc3cccc(Cl)c3)ccc2OC(C)(C)C1OCc1ccc(C)cc1. The van der Waals surface area contributed by atoms with E-state index in [0.717, 1.165) is 46.0 Å². The standard InChI is InChI=1S/C30H36ClNO3/c1-5-6-16-33-28-26-18-25(32-19-23-8-7-9-24(31)17-23)14-15-27(26)35-30(3,4)29(28)34-20-22-12-10-21(2)11-13-22/h7-15,17-18,28-29,32H,5-6,16,19-20H2,1-4H3. The highest BCUT2D eigenvalue weighted by Crippen LogP contribution is 2.44. The molecule has 0 bridgehead atoms. The molecule has 35 heavy (non-hydrogen) atoms. The lowest BCUT2D eigenvalue weighted by molar-refractivity contribution is -0.167. The molecule has 0 amide bonds. The lowest BCUT2D eigenvalue weighted by Crippen LogP contribution is -2.51. The van der Waals surface area contributed by atoms with Gasteiger partial charge in [-0.3, -0.25) is 0 Å². The highest BCUT2D eigenvalue weighted by Gasteiger charge is 2.45. The summed E-state index contributed by atoms with van der Waals surface area (Å²) in [7, 11) is 0. The van der Waals surface area contributed by atoms with E-state index >= 15 is 0 Å².